The van der Waals surface area contributed by atoms with Gasteiger partial charge in [0.2, 0.25) is 0 Å². The molecule has 0 radical (unpaired) electrons. The molecule has 0 fully saturated rings. The third-order valence-electron chi connectivity index (χ3n) is 6.36. The molecule has 0 N–H and O–H groups in total. The van der Waals surface area contributed by atoms with Gasteiger partial charge in [-0.05, 0) is 58.7 Å². The van der Waals surface area contributed by atoms with E-state index < -0.39 is 24.3 Å². The highest BCUT2D eigenvalue weighted by Gasteiger charge is 2.37. The van der Waals surface area contributed by atoms with Crippen LogP contribution < -0.4 is 4.74 Å². The SMILES string of the molecule is CCOC(=O)C1=C(C)/C(=C(\c2cc([N+](=O)[O-])ccc2OC)c2c(C)c(C(=O)OCC)c(C)n2B(F)F)N=C1C. The van der Waals surface area contributed by atoms with Crippen LogP contribution in [-0.4, -0.2) is 54.8 Å². The van der Waals surface area contributed by atoms with Crippen LogP contribution in [0.4, 0.5) is 14.3 Å². The summed E-state index contributed by atoms with van der Waals surface area (Å²) in [5.41, 5.74) is 0.479. The summed E-state index contributed by atoms with van der Waals surface area (Å²) in [5.74, 6) is -1.32. The Morgan fingerprint density at radius 1 is 1.08 bits per heavy atom. The van der Waals surface area contributed by atoms with Crippen LogP contribution in [0, 0.1) is 24.0 Å². The van der Waals surface area contributed by atoms with Crippen molar-refractivity contribution in [2.45, 2.75) is 41.5 Å². The fourth-order valence-corrected chi connectivity index (χ4v) is 4.73. The van der Waals surface area contributed by atoms with E-state index in [4.69, 9.17) is 14.2 Å². The number of non-ortho nitro benzene ring substituents is 1. The normalized spacial score (nSPS) is 14.2. The maximum atomic E-state index is 14.7. The Hall–Kier alpha value is -4.29. The molecule has 2 heterocycles. The fraction of sp³-hybridized carbons (Fsp3) is 0.346. The van der Waals surface area contributed by atoms with Gasteiger partial charge in [-0.1, -0.05) is 0 Å². The van der Waals surface area contributed by atoms with Gasteiger partial charge < -0.3 is 18.7 Å². The molecule has 1 aliphatic rings. The number of halogens is 2. The largest absolute Gasteiger partial charge is 0.677 e. The molecule has 2 aromatic rings. The second-order valence-electron chi connectivity index (χ2n) is 8.59. The molecule has 1 aliphatic heterocycles. The van der Waals surface area contributed by atoms with Crippen LogP contribution in [0.3, 0.4) is 0 Å². The second kappa shape index (κ2) is 11.6. The Bertz CT molecular complexity index is 1460. The summed E-state index contributed by atoms with van der Waals surface area (Å²) < 4.78 is 45.8. The fourth-order valence-electron chi connectivity index (χ4n) is 4.73. The lowest BCUT2D eigenvalue weighted by atomic mass is 9.92. The van der Waals surface area contributed by atoms with E-state index in [1.54, 1.807) is 27.7 Å². The number of carbonyl (C=O) groups excluding carboxylic acids is 2. The summed E-state index contributed by atoms with van der Waals surface area (Å²) in [6, 6.07) is 3.74. The van der Waals surface area contributed by atoms with Crippen LogP contribution in [0.2, 0.25) is 0 Å². The number of methoxy groups -OCH3 is 1. The molecule has 0 spiro atoms. The number of nitro benzene ring substituents is 1. The first-order valence-electron chi connectivity index (χ1n) is 12.1. The number of ether oxygens (including phenoxy) is 3. The van der Waals surface area contributed by atoms with Crippen molar-refractivity contribution >= 4 is 36.3 Å². The molecule has 0 saturated heterocycles. The summed E-state index contributed by atoms with van der Waals surface area (Å²) in [5, 5.41) is 11.7. The number of carbonyl (C=O) groups is 2. The van der Waals surface area contributed by atoms with Crippen molar-refractivity contribution in [3.63, 3.8) is 0 Å². The van der Waals surface area contributed by atoms with E-state index in [9.17, 15) is 28.3 Å². The highest BCUT2D eigenvalue weighted by molar-refractivity contribution is 6.42. The number of esters is 2. The molecule has 0 bridgehead atoms. The van der Waals surface area contributed by atoms with Crippen LogP contribution in [-0.2, 0) is 14.3 Å². The zero-order chi connectivity index (χ0) is 29.2. The Kier molecular flexibility index (Phi) is 8.73. The number of hydrogen-bond acceptors (Lipinski definition) is 8. The minimum absolute atomic E-state index is 0.0168. The van der Waals surface area contributed by atoms with Crippen LogP contribution in [0.15, 0.2) is 40.0 Å². The minimum atomic E-state index is -3.11. The standard InChI is InChI=1S/C26H28BF2N3O7/c1-8-38-25(33)20-13(3)23(30-15(20)5)22(18-12-17(32(35)36)10-11-19(18)37-7)24-14(4)21(26(34)39-9-2)16(6)31(24)27(28)29/h10-12H,8-9H2,1-7H3/b23-22-. The number of allylic oxidation sites excluding steroid dienone is 1. The number of rotatable bonds is 9. The zero-order valence-electron chi connectivity index (χ0n) is 22.7. The highest BCUT2D eigenvalue weighted by Crippen LogP contribution is 2.44. The van der Waals surface area contributed by atoms with E-state index in [0.717, 1.165) is 0 Å². The molecular weight excluding hydrogens is 515 g/mol. The topological polar surface area (TPSA) is 122 Å². The highest BCUT2D eigenvalue weighted by atomic mass is 19.2. The predicted molar refractivity (Wildman–Crippen MR) is 141 cm³/mol. The number of benzene rings is 1. The van der Waals surface area contributed by atoms with E-state index in [1.165, 1.54) is 39.2 Å². The first-order valence-corrected chi connectivity index (χ1v) is 12.1. The summed E-state index contributed by atoms with van der Waals surface area (Å²) in [6.45, 7) is 9.35. The molecule has 0 unspecified atom stereocenters. The molecule has 3 rings (SSSR count). The van der Waals surface area contributed by atoms with Gasteiger partial charge in [-0.2, -0.15) is 0 Å². The first kappa shape index (κ1) is 29.3. The lowest BCUT2D eigenvalue weighted by Gasteiger charge is -2.18. The van der Waals surface area contributed by atoms with Crippen molar-refractivity contribution < 1.29 is 37.4 Å². The van der Waals surface area contributed by atoms with E-state index in [1.807, 2.05) is 0 Å². The van der Waals surface area contributed by atoms with E-state index >= 15 is 0 Å². The predicted octanol–water partition coefficient (Wildman–Crippen LogP) is 5.08. The average molecular weight is 543 g/mol. The second-order valence-corrected chi connectivity index (χ2v) is 8.59. The quantitative estimate of drug-likeness (QED) is 0.187. The molecule has 206 valence electrons. The van der Waals surface area contributed by atoms with Crippen molar-refractivity contribution in [1.82, 2.24) is 4.48 Å². The van der Waals surface area contributed by atoms with Crippen LogP contribution in [0.25, 0.3) is 5.57 Å². The molecule has 13 heteroatoms. The smallest absolute Gasteiger partial charge is 0.496 e. The average Bonchev–Trinajstić information content (AvgIpc) is 3.31. The van der Waals surface area contributed by atoms with E-state index in [0.29, 0.717) is 10.1 Å². The monoisotopic (exact) mass is 543 g/mol. The molecule has 1 aromatic heterocycles. The first-order chi connectivity index (χ1) is 18.4. The molecule has 0 amide bonds. The van der Waals surface area contributed by atoms with Gasteiger partial charge in [0, 0.05) is 34.7 Å². The van der Waals surface area contributed by atoms with Crippen molar-refractivity contribution in [1.29, 1.82) is 0 Å². The number of aromatic nitrogens is 1. The number of nitro groups is 1. The summed E-state index contributed by atoms with van der Waals surface area (Å²) in [6.07, 6.45) is 0. The van der Waals surface area contributed by atoms with Gasteiger partial charge in [0.15, 0.2) is 0 Å². The van der Waals surface area contributed by atoms with Gasteiger partial charge in [-0.15, -0.1) is 0 Å². The molecule has 0 saturated carbocycles. The van der Waals surface area contributed by atoms with Gasteiger partial charge in [0.25, 0.3) is 5.69 Å². The van der Waals surface area contributed by atoms with Crippen LogP contribution in [0.1, 0.15) is 60.6 Å². The van der Waals surface area contributed by atoms with Crippen molar-refractivity contribution in [3.05, 3.63) is 73.2 Å². The minimum Gasteiger partial charge on any atom is -0.496 e. The van der Waals surface area contributed by atoms with Gasteiger partial charge in [-0.25, -0.2) is 9.59 Å². The van der Waals surface area contributed by atoms with E-state index in [2.05, 4.69) is 4.99 Å². The van der Waals surface area contributed by atoms with Gasteiger partial charge in [-0.3, -0.25) is 23.7 Å². The maximum Gasteiger partial charge on any atom is 0.677 e. The Morgan fingerprint density at radius 2 is 1.69 bits per heavy atom. The van der Waals surface area contributed by atoms with Crippen molar-refractivity contribution in [2.75, 3.05) is 20.3 Å². The Balaban J connectivity index is 2.59. The molecule has 0 aliphatic carbocycles. The zero-order valence-corrected chi connectivity index (χ0v) is 22.7. The Morgan fingerprint density at radius 3 is 2.23 bits per heavy atom. The molecule has 10 nitrogen and oxygen atoms in total. The number of hydrogen-bond donors (Lipinski definition) is 0. The lowest BCUT2D eigenvalue weighted by molar-refractivity contribution is -0.384. The van der Waals surface area contributed by atoms with Gasteiger partial charge >= 0.3 is 19.3 Å². The summed E-state index contributed by atoms with van der Waals surface area (Å²) in [4.78, 5) is 41.2. The maximum absolute atomic E-state index is 14.7. The lowest BCUT2D eigenvalue weighted by Crippen LogP contribution is -2.19. The summed E-state index contributed by atoms with van der Waals surface area (Å²) >= 11 is 0. The van der Waals surface area contributed by atoms with Gasteiger partial charge in [0.05, 0.1) is 47.8 Å². The van der Waals surface area contributed by atoms with Crippen molar-refractivity contribution in [3.8, 4) is 5.75 Å². The third-order valence-corrected chi connectivity index (χ3v) is 6.36. The summed E-state index contributed by atoms with van der Waals surface area (Å²) in [7, 11) is -1.78. The van der Waals surface area contributed by atoms with E-state index in [-0.39, 0.29) is 75.3 Å². The number of aliphatic imine (C=N–C) groups is 1. The molecule has 1 aromatic carbocycles. The van der Waals surface area contributed by atoms with Crippen LogP contribution in [0.5, 0.6) is 5.75 Å². The Labute approximate surface area is 224 Å². The third kappa shape index (κ3) is 5.21. The van der Waals surface area contributed by atoms with Gasteiger partial charge in [0.1, 0.15) is 5.75 Å². The molecule has 0 atom stereocenters. The van der Waals surface area contributed by atoms with Crippen LogP contribution >= 0.6 is 0 Å². The van der Waals surface area contributed by atoms with Crippen molar-refractivity contribution in [2.24, 2.45) is 4.99 Å². The molecule has 39 heavy (non-hydrogen) atoms. The molecular formula is C26H28BF2N3O7. The number of nitrogens with zero attached hydrogens (tertiary/aromatic N) is 3.